The summed E-state index contributed by atoms with van der Waals surface area (Å²) >= 11 is 0. The first-order valence-electron chi connectivity index (χ1n) is 10.3. The van der Waals surface area contributed by atoms with Crippen molar-refractivity contribution in [3.05, 3.63) is 65.5 Å². The van der Waals surface area contributed by atoms with Crippen molar-refractivity contribution in [1.29, 1.82) is 0 Å². The maximum Gasteiger partial charge on any atom is 0.255 e. The maximum atomic E-state index is 12.9. The van der Waals surface area contributed by atoms with Gasteiger partial charge in [-0.05, 0) is 49.7 Å². The molecule has 5 nitrogen and oxygen atoms in total. The van der Waals surface area contributed by atoms with E-state index in [1.54, 1.807) is 18.5 Å². The Morgan fingerprint density at radius 3 is 2.04 bits per heavy atom. The van der Waals surface area contributed by atoms with E-state index in [0.29, 0.717) is 17.0 Å². The molecule has 0 N–H and O–H groups in total. The molecule has 0 atom stereocenters. The largest absolute Gasteiger partial charge is 0.339 e. The van der Waals surface area contributed by atoms with Crippen molar-refractivity contribution < 1.29 is 9.59 Å². The molecule has 0 radical (unpaired) electrons. The van der Waals surface area contributed by atoms with Crippen LogP contribution < -0.4 is 0 Å². The fourth-order valence-corrected chi connectivity index (χ4v) is 4.25. The number of carbonyl (C=O) groups is 2. The number of piperidine rings is 1. The summed E-state index contributed by atoms with van der Waals surface area (Å²) in [5.74, 6) is 0.593. The third kappa shape index (κ3) is 4.24. The number of nitrogens with zero attached hydrogens (tertiary/aromatic N) is 3. The van der Waals surface area contributed by atoms with Crippen molar-refractivity contribution in [2.24, 2.45) is 5.92 Å². The second-order valence-corrected chi connectivity index (χ2v) is 7.89. The fourth-order valence-electron chi connectivity index (χ4n) is 4.25. The van der Waals surface area contributed by atoms with E-state index in [1.165, 1.54) is 5.56 Å². The Kier molecular flexibility index (Phi) is 5.70. The van der Waals surface area contributed by atoms with Crippen LogP contribution in [0.15, 0.2) is 48.8 Å². The Balaban J connectivity index is 1.36. The summed E-state index contributed by atoms with van der Waals surface area (Å²) in [4.78, 5) is 33.4. The Hall–Kier alpha value is -2.69. The van der Waals surface area contributed by atoms with Crippen LogP contribution in [0.25, 0.3) is 0 Å². The lowest BCUT2D eigenvalue weighted by molar-refractivity contribution is 0.0690. The molecule has 4 rings (SSSR count). The summed E-state index contributed by atoms with van der Waals surface area (Å²) in [6.07, 6.45) is 8.36. The molecule has 5 heteroatoms. The maximum absolute atomic E-state index is 12.9. The van der Waals surface area contributed by atoms with Gasteiger partial charge in [-0.3, -0.25) is 14.6 Å². The van der Waals surface area contributed by atoms with Crippen LogP contribution in [0.1, 0.15) is 52.0 Å². The molecule has 28 heavy (non-hydrogen) atoms. The molecule has 2 aliphatic heterocycles. The predicted molar refractivity (Wildman–Crippen MR) is 108 cm³/mol. The molecule has 0 saturated carbocycles. The van der Waals surface area contributed by atoms with Crippen LogP contribution in [-0.2, 0) is 6.42 Å². The molecule has 0 spiro atoms. The van der Waals surface area contributed by atoms with Gasteiger partial charge in [0.15, 0.2) is 0 Å². The van der Waals surface area contributed by atoms with Gasteiger partial charge in [0.1, 0.15) is 0 Å². The van der Waals surface area contributed by atoms with Crippen LogP contribution in [-0.4, -0.2) is 52.8 Å². The summed E-state index contributed by atoms with van der Waals surface area (Å²) < 4.78 is 0. The summed E-state index contributed by atoms with van der Waals surface area (Å²) in [5.41, 5.74) is 2.41. The monoisotopic (exact) mass is 377 g/mol. The Labute approximate surface area is 166 Å². The van der Waals surface area contributed by atoms with Gasteiger partial charge >= 0.3 is 0 Å². The molecule has 0 bridgehead atoms. The highest BCUT2D eigenvalue weighted by atomic mass is 16.2. The smallest absolute Gasteiger partial charge is 0.255 e. The van der Waals surface area contributed by atoms with Crippen molar-refractivity contribution in [2.45, 2.75) is 32.1 Å². The van der Waals surface area contributed by atoms with Gasteiger partial charge < -0.3 is 9.80 Å². The quantitative estimate of drug-likeness (QED) is 0.820. The standard InChI is InChI=1S/C23H27N3O2/c27-22(25-10-4-5-11-25)20-15-21(17-24-16-20)23(28)26-12-8-19(9-13-26)14-18-6-2-1-3-7-18/h1-3,6-7,15-17,19H,4-5,8-14H2. The first-order valence-corrected chi connectivity index (χ1v) is 10.3. The van der Waals surface area contributed by atoms with Gasteiger partial charge in [0.2, 0.25) is 0 Å². The van der Waals surface area contributed by atoms with E-state index in [4.69, 9.17) is 0 Å². The summed E-state index contributed by atoms with van der Waals surface area (Å²) in [6, 6.07) is 12.3. The minimum Gasteiger partial charge on any atom is -0.339 e. The molecule has 2 fully saturated rings. The number of pyridine rings is 1. The fraction of sp³-hybridized carbons (Fsp3) is 0.435. The summed E-state index contributed by atoms with van der Waals surface area (Å²) in [5, 5.41) is 0. The molecule has 2 aliphatic rings. The Morgan fingerprint density at radius 1 is 0.857 bits per heavy atom. The van der Waals surface area contributed by atoms with Crippen molar-refractivity contribution in [3.8, 4) is 0 Å². The molecular weight excluding hydrogens is 350 g/mol. The van der Waals surface area contributed by atoms with Gasteiger partial charge in [0.05, 0.1) is 11.1 Å². The predicted octanol–water partition coefficient (Wildman–Crippen LogP) is 3.41. The number of hydrogen-bond donors (Lipinski definition) is 0. The molecule has 1 aromatic heterocycles. The van der Waals surface area contributed by atoms with E-state index in [-0.39, 0.29) is 11.8 Å². The zero-order valence-electron chi connectivity index (χ0n) is 16.2. The van der Waals surface area contributed by atoms with Gasteiger partial charge in [-0.1, -0.05) is 30.3 Å². The van der Waals surface area contributed by atoms with Crippen molar-refractivity contribution >= 4 is 11.8 Å². The molecule has 0 aliphatic carbocycles. The van der Waals surface area contributed by atoms with E-state index in [0.717, 1.165) is 58.3 Å². The third-order valence-corrected chi connectivity index (χ3v) is 5.89. The van der Waals surface area contributed by atoms with Gasteiger partial charge in [-0.2, -0.15) is 0 Å². The van der Waals surface area contributed by atoms with Gasteiger partial charge in [0.25, 0.3) is 11.8 Å². The molecule has 2 amide bonds. The van der Waals surface area contributed by atoms with E-state index >= 15 is 0 Å². The van der Waals surface area contributed by atoms with Gasteiger partial charge in [0, 0.05) is 38.6 Å². The highest BCUT2D eigenvalue weighted by Crippen LogP contribution is 2.23. The highest BCUT2D eigenvalue weighted by Gasteiger charge is 2.25. The number of aromatic nitrogens is 1. The van der Waals surface area contributed by atoms with Crippen molar-refractivity contribution in [1.82, 2.24) is 14.8 Å². The Morgan fingerprint density at radius 2 is 1.43 bits per heavy atom. The minimum atomic E-state index is -0.0128. The second-order valence-electron chi connectivity index (χ2n) is 7.89. The molecule has 2 saturated heterocycles. The average molecular weight is 377 g/mol. The lowest BCUT2D eigenvalue weighted by Crippen LogP contribution is -2.39. The normalized spacial score (nSPS) is 17.7. The molecule has 0 unspecified atom stereocenters. The lowest BCUT2D eigenvalue weighted by Gasteiger charge is -2.32. The lowest BCUT2D eigenvalue weighted by atomic mass is 9.90. The molecular formula is C23H27N3O2. The third-order valence-electron chi connectivity index (χ3n) is 5.89. The van der Waals surface area contributed by atoms with E-state index < -0.39 is 0 Å². The zero-order chi connectivity index (χ0) is 19.3. The van der Waals surface area contributed by atoms with Crippen LogP contribution in [0.5, 0.6) is 0 Å². The average Bonchev–Trinajstić information content (AvgIpc) is 3.29. The second kappa shape index (κ2) is 8.55. The summed E-state index contributed by atoms with van der Waals surface area (Å²) in [6.45, 7) is 3.12. The number of carbonyl (C=O) groups excluding carboxylic acids is 2. The molecule has 2 aromatic rings. The number of hydrogen-bond acceptors (Lipinski definition) is 3. The molecule has 3 heterocycles. The van der Waals surface area contributed by atoms with Crippen LogP contribution in [0, 0.1) is 5.92 Å². The van der Waals surface area contributed by atoms with Crippen molar-refractivity contribution in [2.75, 3.05) is 26.2 Å². The van der Waals surface area contributed by atoms with Crippen molar-refractivity contribution in [3.63, 3.8) is 0 Å². The van der Waals surface area contributed by atoms with Gasteiger partial charge in [-0.25, -0.2) is 0 Å². The first-order chi connectivity index (χ1) is 13.7. The number of amides is 2. The number of likely N-dealkylation sites (tertiary alicyclic amines) is 2. The minimum absolute atomic E-state index is 0.0123. The highest BCUT2D eigenvalue weighted by molar-refractivity contribution is 5.99. The molecule has 146 valence electrons. The molecule has 1 aromatic carbocycles. The van der Waals surface area contributed by atoms with Crippen LogP contribution >= 0.6 is 0 Å². The summed E-state index contributed by atoms with van der Waals surface area (Å²) in [7, 11) is 0. The van der Waals surface area contributed by atoms with Gasteiger partial charge in [-0.15, -0.1) is 0 Å². The SMILES string of the molecule is O=C(c1cncc(C(=O)N2CCC(Cc3ccccc3)CC2)c1)N1CCCC1. The number of rotatable bonds is 4. The van der Waals surface area contributed by atoms with E-state index in [2.05, 4.69) is 29.2 Å². The Bertz CT molecular complexity index is 823. The topological polar surface area (TPSA) is 53.5 Å². The van der Waals surface area contributed by atoms with Crippen LogP contribution in [0.3, 0.4) is 0 Å². The zero-order valence-corrected chi connectivity index (χ0v) is 16.2. The van der Waals surface area contributed by atoms with E-state index in [9.17, 15) is 9.59 Å². The van der Waals surface area contributed by atoms with Crippen LogP contribution in [0.4, 0.5) is 0 Å². The first kappa shape index (κ1) is 18.7. The number of benzene rings is 1. The van der Waals surface area contributed by atoms with E-state index in [1.807, 2.05) is 15.9 Å². The van der Waals surface area contributed by atoms with Crippen LogP contribution in [0.2, 0.25) is 0 Å².